The number of quaternary nitrogens is 1. The second-order valence-corrected chi connectivity index (χ2v) is 7.01. The zero-order valence-electron chi connectivity index (χ0n) is 17.1. The second-order valence-electron chi connectivity index (χ2n) is 7.01. The number of hydrogen-bond acceptors (Lipinski definition) is 2. The lowest BCUT2D eigenvalue weighted by Gasteiger charge is -2.39. The van der Waals surface area contributed by atoms with Crippen LogP contribution >= 0.6 is 0 Å². The highest BCUT2D eigenvalue weighted by atomic mass is 19.4. The topological polar surface area (TPSA) is 40.1 Å². The van der Waals surface area contributed by atoms with E-state index in [1.807, 2.05) is 0 Å². The van der Waals surface area contributed by atoms with E-state index in [0.717, 1.165) is 0 Å². The van der Waals surface area contributed by atoms with Gasteiger partial charge in [0.2, 0.25) is 0 Å². The number of hydrogen-bond donors (Lipinski definition) is 0. The van der Waals surface area contributed by atoms with Crippen LogP contribution in [-0.2, 0) is 4.79 Å². The highest BCUT2D eigenvalue weighted by Crippen LogP contribution is 2.34. The van der Waals surface area contributed by atoms with Gasteiger partial charge in [-0.3, -0.25) is 0 Å². The van der Waals surface area contributed by atoms with Crippen molar-refractivity contribution in [3.8, 4) is 0 Å². The van der Waals surface area contributed by atoms with Gasteiger partial charge in [-0.05, 0) is 25.7 Å². The summed E-state index contributed by atoms with van der Waals surface area (Å²) in [6.45, 7) is 15.0. The molecule has 0 aliphatic heterocycles. The molecule has 0 aliphatic carbocycles. The van der Waals surface area contributed by atoms with Gasteiger partial charge < -0.3 is 14.4 Å². The van der Waals surface area contributed by atoms with E-state index in [4.69, 9.17) is 9.90 Å². The third-order valence-electron chi connectivity index (χ3n) is 4.56. The van der Waals surface area contributed by atoms with Crippen LogP contribution in [0.1, 0.15) is 79.1 Å². The molecule has 0 unspecified atom stereocenters. The van der Waals surface area contributed by atoms with Gasteiger partial charge >= 0.3 is 12.1 Å². The molecule has 0 aromatic heterocycles. The maximum Gasteiger partial charge on any atom is 0.459 e. The molecule has 0 amide bonds. The molecule has 0 fully saturated rings. The summed E-state index contributed by atoms with van der Waals surface area (Å²) in [5.41, 5.74) is 0. The van der Waals surface area contributed by atoms with Gasteiger partial charge in [-0.2, -0.15) is 22.0 Å². The Morgan fingerprint density at radius 2 is 0.963 bits per heavy atom. The quantitative estimate of drug-likeness (QED) is 0.322. The van der Waals surface area contributed by atoms with Gasteiger partial charge in [-0.15, -0.1) is 0 Å². The normalized spacial score (nSPS) is 12.5. The van der Waals surface area contributed by atoms with Crippen molar-refractivity contribution in [2.75, 3.05) is 26.2 Å². The molecule has 0 spiro atoms. The third kappa shape index (κ3) is 11.5. The minimum atomic E-state index is -6.08. The Bertz CT molecular complexity index is 349. The van der Waals surface area contributed by atoms with E-state index in [1.54, 1.807) is 0 Å². The van der Waals surface area contributed by atoms with Crippen molar-refractivity contribution in [3.63, 3.8) is 0 Å². The lowest BCUT2D eigenvalue weighted by Crippen LogP contribution is -2.51. The minimum Gasteiger partial charge on any atom is -0.544 e. The zero-order chi connectivity index (χ0) is 21.6. The molecular weight excluding hydrogens is 369 g/mol. The average Bonchev–Trinajstić information content (AvgIpc) is 2.60. The number of nitrogens with zero attached hydrogens (tertiary/aromatic N) is 1. The van der Waals surface area contributed by atoms with Crippen LogP contribution in [0.4, 0.5) is 22.0 Å². The van der Waals surface area contributed by atoms with E-state index in [2.05, 4.69) is 27.7 Å². The molecule has 0 rings (SSSR count). The lowest BCUT2D eigenvalue weighted by molar-refractivity contribution is -0.929. The van der Waals surface area contributed by atoms with E-state index in [-0.39, 0.29) is 0 Å². The zero-order valence-corrected chi connectivity index (χ0v) is 17.1. The number of carbonyl (C=O) groups excluding carboxylic acids is 1. The highest BCUT2D eigenvalue weighted by molar-refractivity contribution is 5.74. The summed E-state index contributed by atoms with van der Waals surface area (Å²) in [6, 6.07) is 0. The average molecular weight is 405 g/mol. The van der Waals surface area contributed by atoms with Crippen molar-refractivity contribution in [3.05, 3.63) is 0 Å². The van der Waals surface area contributed by atoms with Crippen molar-refractivity contribution in [1.82, 2.24) is 0 Å². The summed E-state index contributed by atoms with van der Waals surface area (Å²) in [6.07, 6.45) is 4.98. The smallest absolute Gasteiger partial charge is 0.459 e. The number of rotatable bonds is 13. The van der Waals surface area contributed by atoms with E-state index < -0.39 is 18.1 Å². The molecule has 0 bridgehead atoms. The molecule has 0 saturated carbocycles. The van der Waals surface area contributed by atoms with E-state index in [9.17, 15) is 22.0 Å². The summed E-state index contributed by atoms with van der Waals surface area (Å²) < 4.78 is 56.7. The van der Waals surface area contributed by atoms with Gasteiger partial charge in [0.05, 0.1) is 26.2 Å². The molecule has 0 aromatic carbocycles. The van der Waals surface area contributed by atoms with E-state index >= 15 is 0 Å². The van der Waals surface area contributed by atoms with Crippen molar-refractivity contribution in [1.29, 1.82) is 0 Å². The Morgan fingerprint density at radius 1 is 0.704 bits per heavy atom. The maximum atomic E-state index is 11.3. The SMILES string of the molecule is CCCC[N+](CCCC)(CCCC)CCCC.O=C([O-])C(F)(F)C(F)(F)F. The van der Waals surface area contributed by atoms with Crippen LogP contribution in [0.3, 0.4) is 0 Å². The first-order chi connectivity index (χ1) is 12.4. The van der Waals surface area contributed by atoms with Crippen LogP contribution in [0, 0.1) is 0 Å². The number of unbranched alkanes of at least 4 members (excludes halogenated alkanes) is 4. The predicted molar refractivity (Wildman–Crippen MR) is 95.4 cm³/mol. The molecule has 0 aromatic rings. The Hall–Kier alpha value is -0.920. The van der Waals surface area contributed by atoms with Gasteiger partial charge in [0.15, 0.2) is 0 Å². The molecule has 0 saturated heterocycles. The standard InChI is InChI=1S/C16H36N.C3HF5O2/c1-5-9-13-17(14-10-6-2,15-11-7-3)16-12-8-4;4-2(5,1(9)10)3(6,7)8/h5-16H2,1-4H3;(H,9,10)/q+1;/p-1. The highest BCUT2D eigenvalue weighted by Gasteiger charge is 2.58. The maximum absolute atomic E-state index is 11.3. The molecule has 0 radical (unpaired) electrons. The van der Waals surface area contributed by atoms with Crippen molar-refractivity contribution < 1.29 is 36.3 Å². The monoisotopic (exact) mass is 405 g/mol. The molecule has 0 atom stereocenters. The summed E-state index contributed by atoms with van der Waals surface area (Å²) in [5.74, 6) is -9.20. The number of carboxylic acids is 1. The van der Waals surface area contributed by atoms with Gasteiger partial charge in [0, 0.05) is 0 Å². The summed E-state index contributed by atoms with van der Waals surface area (Å²) in [4.78, 5) is 9.09. The van der Waals surface area contributed by atoms with Crippen LogP contribution in [0.15, 0.2) is 0 Å². The molecule has 0 N–H and O–H groups in total. The molecule has 27 heavy (non-hydrogen) atoms. The first-order valence-electron chi connectivity index (χ1n) is 9.95. The Balaban J connectivity index is 0. The van der Waals surface area contributed by atoms with Crippen LogP contribution in [0.5, 0.6) is 0 Å². The Morgan fingerprint density at radius 3 is 1.07 bits per heavy atom. The molecule has 3 nitrogen and oxygen atoms in total. The molecule has 8 heteroatoms. The van der Waals surface area contributed by atoms with Gasteiger partial charge in [0.25, 0.3) is 0 Å². The fraction of sp³-hybridized carbons (Fsp3) is 0.947. The van der Waals surface area contributed by atoms with Crippen LogP contribution < -0.4 is 5.11 Å². The van der Waals surface area contributed by atoms with Gasteiger partial charge in [-0.1, -0.05) is 53.4 Å². The first kappa shape index (κ1) is 28.3. The van der Waals surface area contributed by atoms with Crippen LogP contribution in [0.25, 0.3) is 0 Å². The number of alkyl halides is 5. The van der Waals surface area contributed by atoms with Crippen LogP contribution in [0.2, 0.25) is 0 Å². The number of halogens is 5. The number of aliphatic carboxylic acids is 1. The fourth-order valence-corrected chi connectivity index (χ4v) is 2.76. The second kappa shape index (κ2) is 14.1. The molecule has 0 aliphatic rings. The molecule has 0 heterocycles. The van der Waals surface area contributed by atoms with Crippen LogP contribution in [-0.4, -0.2) is 48.7 Å². The van der Waals surface area contributed by atoms with Gasteiger partial charge in [-0.25, -0.2) is 0 Å². The fourth-order valence-electron chi connectivity index (χ4n) is 2.76. The third-order valence-corrected chi connectivity index (χ3v) is 4.56. The van der Waals surface area contributed by atoms with Crippen molar-refractivity contribution in [2.24, 2.45) is 0 Å². The van der Waals surface area contributed by atoms with Gasteiger partial charge in [0.1, 0.15) is 5.97 Å². The van der Waals surface area contributed by atoms with E-state index in [1.165, 1.54) is 82.0 Å². The number of carboxylic acid groups (broad SMARTS) is 1. The van der Waals surface area contributed by atoms with Crippen molar-refractivity contribution in [2.45, 2.75) is 91.2 Å². The lowest BCUT2D eigenvalue weighted by atomic mass is 10.1. The van der Waals surface area contributed by atoms with Crippen molar-refractivity contribution >= 4 is 5.97 Å². The largest absolute Gasteiger partial charge is 0.544 e. The summed E-state index contributed by atoms with van der Waals surface area (Å²) >= 11 is 0. The predicted octanol–water partition coefficient (Wildman–Crippen LogP) is 4.94. The Kier molecular flexibility index (Phi) is 14.8. The number of carbonyl (C=O) groups is 1. The minimum absolute atomic E-state index is 1.35. The van der Waals surface area contributed by atoms with E-state index in [0.29, 0.717) is 0 Å². The first-order valence-corrected chi connectivity index (χ1v) is 9.95. The summed E-state index contributed by atoms with van der Waals surface area (Å²) in [5, 5.41) is 9.09. The summed E-state index contributed by atoms with van der Waals surface area (Å²) in [7, 11) is 0. The molecule has 164 valence electrons. The Labute approximate surface area is 160 Å². The molecular formula is C19H36F5NO2.